The molecule has 26 heavy (non-hydrogen) atoms. The summed E-state index contributed by atoms with van der Waals surface area (Å²) >= 11 is 0. The Morgan fingerprint density at radius 1 is 0.923 bits per heavy atom. The molecule has 0 bridgehead atoms. The molecule has 0 aliphatic rings. The number of nitrogens with two attached hydrogens (primary N) is 3. The van der Waals surface area contributed by atoms with Crippen molar-refractivity contribution in [2.75, 3.05) is 0 Å². The fourth-order valence-corrected chi connectivity index (χ4v) is 2.12. The second-order valence-electron chi connectivity index (χ2n) is 6.37. The van der Waals surface area contributed by atoms with Crippen molar-refractivity contribution in [3.05, 3.63) is 0 Å². The van der Waals surface area contributed by atoms with Gasteiger partial charge in [-0.1, -0.05) is 13.8 Å². The Bertz CT molecular complexity index is 551. The van der Waals surface area contributed by atoms with E-state index < -0.39 is 54.1 Å². The Labute approximate surface area is 151 Å². The zero-order valence-electron chi connectivity index (χ0n) is 14.9. The number of carbonyl (C=O) groups excluding carboxylic acids is 4. The molecule has 0 aromatic heterocycles. The number of carbonyl (C=O) groups is 5. The number of hydrogen-bond donors (Lipinski definition) is 6. The van der Waals surface area contributed by atoms with Crippen LogP contribution in [-0.2, 0) is 24.0 Å². The topological polar surface area (TPSA) is 208 Å². The van der Waals surface area contributed by atoms with Gasteiger partial charge in [0.1, 0.15) is 12.1 Å². The summed E-state index contributed by atoms with van der Waals surface area (Å²) in [6.45, 7) is 3.72. The van der Waals surface area contributed by atoms with Crippen LogP contribution in [0.1, 0.15) is 39.5 Å². The molecular formula is C15H27N5O6. The number of aliphatic carboxylic acids is 1. The fourth-order valence-electron chi connectivity index (χ4n) is 2.12. The van der Waals surface area contributed by atoms with Crippen molar-refractivity contribution in [2.24, 2.45) is 23.1 Å². The monoisotopic (exact) mass is 373 g/mol. The summed E-state index contributed by atoms with van der Waals surface area (Å²) in [5.41, 5.74) is 15.8. The summed E-state index contributed by atoms with van der Waals surface area (Å²) in [5.74, 6) is -4.45. The number of carboxylic acid groups (broad SMARTS) is 1. The van der Waals surface area contributed by atoms with E-state index in [4.69, 9.17) is 22.3 Å². The maximum absolute atomic E-state index is 12.3. The van der Waals surface area contributed by atoms with Crippen molar-refractivity contribution in [1.29, 1.82) is 0 Å². The first-order valence-corrected chi connectivity index (χ1v) is 8.09. The van der Waals surface area contributed by atoms with E-state index in [9.17, 15) is 24.0 Å². The van der Waals surface area contributed by atoms with Gasteiger partial charge in [0.15, 0.2) is 0 Å². The van der Waals surface area contributed by atoms with E-state index in [1.54, 1.807) is 0 Å². The molecule has 9 N–H and O–H groups in total. The van der Waals surface area contributed by atoms with Gasteiger partial charge in [-0.25, -0.2) is 4.79 Å². The van der Waals surface area contributed by atoms with E-state index in [0.717, 1.165) is 0 Å². The molecule has 0 saturated carbocycles. The van der Waals surface area contributed by atoms with Crippen molar-refractivity contribution in [1.82, 2.24) is 10.6 Å². The van der Waals surface area contributed by atoms with Gasteiger partial charge in [-0.15, -0.1) is 0 Å². The molecule has 0 rings (SSSR count). The number of carboxylic acids is 1. The van der Waals surface area contributed by atoms with Crippen molar-refractivity contribution in [3.63, 3.8) is 0 Å². The first kappa shape index (κ1) is 23.3. The predicted octanol–water partition coefficient (Wildman–Crippen LogP) is -2.45. The fraction of sp³-hybridized carbons (Fsp3) is 0.667. The van der Waals surface area contributed by atoms with Crippen LogP contribution in [0, 0.1) is 5.92 Å². The second kappa shape index (κ2) is 11.0. The molecule has 11 nitrogen and oxygen atoms in total. The SMILES string of the molecule is CC(C)C[C@H](N)C(=O)N[C@@H](CC(N)=O)C(=O)N[C@@H](CCC(N)=O)C(=O)O. The van der Waals surface area contributed by atoms with Gasteiger partial charge in [-0.2, -0.15) is 0 Å². The van der Waals surface area contributed by atoms with E-state index >= 15 is 0 Å². The minimum atomic E-state index is -1.41. The molecule has 0 unspecified atom stereocenters. The van der Waals surface area contributed by atoms with E-state index in [2.05, 4.69) is 10.6 Å². The summed E-state index contributed by atoms with van der Waals surface area (Å²) in [4.78, 5) is 57.5. The molecule has 0 spiro atoms. The summed E-state index contributed by atoms with van der Waals surface area (Å²) in [6.07, 6.45) is -0.675. The van der Waals surface area contributed by atoms with Crippen LogP contribution in [-0.4, -0.2) is 52.8 Å². The summed E-state index contributed by atoms with van der Waals surface area (Å²) in [5, 5.41) is 13.6. The lowest BCUT2D eigenvalue weighted by Crippen LogP contribution is -2.55. The minimum absolute atomic E-state index is 0.129. The highest BCUT2D eigenvalue weighted by molar-refractivity contribution is 5.94. The normalized spacial score (nSPS) is 14.2. The van der Waals surface area contributed by atoms with Crippen LogP contribution < -0.4 is 27.8 Å². The lowest BCUT2D eigenvalue weighted by Gasteiger charge is -2.22. The number of rotatable bonds is 12. The summed E-state index contributed by atoms with van der Waals surface area (Å²) < 4.78 is 0. The van der Waals surface area contributed by atoms with Gasteiger partial charge < -0.3 is 32.9 Å². The number of amides is 4. The molecule has 0 heterocycles. The molecule has 3 atom stereocenters. The first-order valence-electron chi connectivity index (χ1n) is 8.09. The van der Waals surface area contributed by atoms with Crippen molar-refractivity contribution in [3.8, 4) is 0 Å². The van der Waals surface area contributed by atoms with E-state index in [-0.39, 0.29) is 18.8 Å². The van der Waals surface area contributed by atoms with Crippen molar-refractivity contribution >= 4 is 29.6 Å². The molecule has 0 aromatic rings. The summed E-state index contributed by atoms with van der Waals surface area (Å²) in [6, 6.07) is -3.69. The Balaban J connectivity index is 5.05. The van der Waals surface area contributed by atoms with Crippen LogP contribution in [0.15, 0.2) is 0 Å². The molecular weight excluding hydrogens is 346 g/mol. The number of primary amides is 2. The summed E-state index contributed by atoms with van der Waals surface area (Å²) in [7, 11) is 0. The first-order chi connectivity index (χ1) is 11.9. The third kappa shape index (κ3) is 9.57. The van der Waals surface area contributed by atoms with Gasteiger partial charge in [0, 0.05) is 6.42 Å². The Morgan fingerprint density at radius 2 is 1.46 bits per heavy atom. The maximum Gasteiger partial charge on any atom is 0.326 e. The minimum Gasteiger partial charge on any atom is -0.480 e. The predicted molar refractivity (Wildman–Crippen MR) is 91.2 cm³/mol. The average molecular weight is 373 g/mol. The molecule has 11 heteroatoms. The zero-order chi connectivity index (χ0) is 20.4. The Hall–Kier alpha value is -2.69. The van der Waals surface area contributed by atoms with Crippen LogP contribution in [0.5, 0.6) is 0 Å². The van der Waals surface area contributed by atoms with Gasteiger partial charge in [0.2, 0.25) is 23.6 Å². The van der Waals surface area contributed by atoms with Gasteiger partial charge >= 0.3 is 5.97 Å². The highest BCUT2D eigenvalue weighted by atomic mass is 16.4. The number of nitrogens with one attached hydrogen (secondary N) is 2. The standard InChI is InChI=1S/C15H27N5O6/c1-7(2)5-8(16)13(23)20-10(6-12(18)22)14(24)19-9(15(25)26)3-4-11(17)21/h7-10H,3-6,16H2,1-2H3,(H2,17,21)(H2,18,22)(H,19,24)(H,20,23)(H,25,26)/t8-,9-,10-/m0/s1. The lowest BCUT2D eigenvalue weighted by atomic mass is 10.0. The van der Waals surface area contributed by atoms with Gasteiger partial charge in [0.05, 0.1) is 12.5 Å². The van der Waals surface area contributed by atoms with Crippen molar-refractivity contribution < 1.29 is 29.1 Å². The number of hydrogen-bond acceptors (Lipinski definition) is 6. The third-order valence-corrected chi connectivity index (χ3v) is 3.39. The molecule has 4 amide bonds. The maximum atomic E-state index is 12.3. The quantitative estimate of drug-likeness (QED) is 0.217. The van der Waals surface area contributed by atoms with Gasteiger partial charge in [0.25, 0.3) is 0 Å². The molecule has 0 aromatic carbocycles. The van der Waals surface area contributed by atoms with E-state index in [1.165, 1.54) is 0 Å². The van der Waals surface area contributed by atoms with Crippen LogP contribution in [0.4, 0.5) is 0 Å². The smallest absolute Gasteiger partial charge is 0.326 e. The highest BCUT2D eigenvalue weighted by Gasteiger charge is 2.29. The van der Waals surface area contributed by atoms with Gasteiger partial charge in [-0.3, -0.25) is 19.2 Å². The highest BCUT2D eigenvalue weighted by Crippen LogP contribution is 2.04. The molecule has 0 radical (unpaired) electrons. The zero-order valence-corrected chi connectivity index (χ0v) is 14.9. The Kier molecular flexibility index (Phi) is 9.89. The molecule has 0 aliphatic heterocycles. The van der Waals surface area contributed by atoms with Crippen LogP contribution >= 0.6 is 0 Å². The Morgan fingerprint density at radius 3 is 1.88 bits per heavy atom. The third-order valence-electron chi connectivity index (χ3n) is 3.39. The van der Waals surface area contributed by atoms with Crippen LogP contribution in [0.3, 0.4) is 0 Å². The van der Waals surface area contributed by atoms with Crippen LogP contribution in [0.2, 0.25) is 0 Å². The molecule has 148 valence electrons. The second-order valence-corrected chi connectivity index (χ2v) is 6.37. The van der Waals surface area contributed by atoms with E-state index in [1.807, 2.05) is 13.8 Å². The van der Waals surface area contributed by atoms with Gasteiger partial charge in [-0.05, 0) is 18.8 Å². The molecule has 0 fully saturated rings. The molecule has 0 aliphatic carbocycles. The van der Waals surface area contributed by atoms with Crippen molar-refractivity contribution in [2.45, 2.75) is 57.7 Å². The average Bonchev–Trinajstić information content (AvgIpc) is 2.48. The largest absolute Gasteiger partial charge is 0.480 e. The van der Waals surface area contributed by atoms with Crippen LogP contribution in [0.25, 0.3) is 0 Å². The lowest BCUT2D eigenvalue weighted by molar-refractivity contribution is -0.142. The molecule has 0 saturated heterocycles. The van der Waals surface area contributed by atoms with E-state index in [0.29, 0.717) is 6.42 Å².